The Hall–Kier alpha value is -2.66. The topological polar surface area (TPSA) is 39.1 Å². The second kappa shape index (κ2) is 7.75. The predicted octanol–water partition coefficient (Wildman–Crippen LogP) is 3.37. The molecule has 2 aromatic carbocycles. The molecule has 0 radical (unpaired) electrons. The highest BCUT2D eigenvalue weighted by molar-refractivity contribution is 5.37. The largest absolute Gasteiger partial charge is 0.496 e. The molecule has 0 aliphatic carbocycles. The van der Waals surface area contributed by atoms with Gasteiger partial charge in [0.1, 0.15) is 11.6 Å². The van der Waals surface area contributed by atoms with Gasteiger partial charge in [-0.3, -0.25) is 0 Å². The van der Waals surface area contributed by atoms with E-state index < -0.39 is 0 Å². The monoisotopic (exact) mass is 325 g/mol. The third kappa shape index (κ3) is 4.00. The molecule has 0 spiro atoms. The molecule has 0 aliphatic heterocycles. The van der Waals surface area contributed by atoms with E-state index in [2.05, 4.69) is 16.4 Å². The second-order valence-corrected chi connectivity index (χ2v) is 5.58. The maximum absolute atomic E-state index is 13.6. The Bertz CT molecular complexity index is 787. The van der Waals surface area contributed by atoms with Crippen molar-refractivity contribution in [1.82, 2.24) is 14.9 Å². The number of rotatable bonds is 7. The Morgan fingerprint density at radius 3 is 2.75 bits per heavy atom. The molecule has 1 aromatic heterocycles. The standard InChI is InChI=1S/C19H20FN3O/c1-24-19-7-6-15(10-17(19)13-23-9-8-21-14-23)11-22-12-16-4-2-3-5-18(16)20/h2-10,14,22H,11-13H2,1H3. The Morgan fingerprint density at radius 1 is 1.12 bits per heavy atom. The van der Waals surface area contributed by atoms with Crippen molar-refractivity contribution in [2.24, 2.45) is 0 Å². The van der Waals surface area contributed by atoms with Crippen LogP contribution < -0.4 is 10.1 Å². The van der Waals surface area contributed by atoms with E-state index in [1.807, 2.05) is 29.0 Å². The summed E-state index contributed by atoms with van der Waals surface area (Å²) in [4.78, 5) is 4.06. The van der Waals surface area contributed by atoms with E-state index in [1.165, 1.54) is 6.07 Å². The zero-order valence-electron chi connectivity index (χ0n) is 13.6. The molecule has 0 aliphatic rings. The van der Waals surface area contributed by atoms with E-state index in [9.17, 15) is 4.39 Å². The molecular weight excluding hydrogens is 305 g/mol. The maximum atomic E-state index is 13.6. The van der Waals surface area contributed by atoms with Gasteiger partial charge in [0.15, 0.2) is 0 Å². The number of aromatic nitrogens is 2. The molecule has 0 saturated heterocycles. The number of ether oxygens (including phenoxy) is 1. The van der Waals surface area contributed by atoms with Gasteiger partial charge in [-0.1, -0.05) is 24.3 Å². The average molecular weight is 325 g/mol. The van der Waals surface area contributed by atoms with E-state index >= 15 is 0 Å². The number of hydrogen-bond acceptors (Lipinski definition) is 3. The number of imidazole rings is 1. The first-order valence-corrected chi connectivity index (χ1v) is 7.82. The third-order valence-electron chi connectivity index (χ3n) is 3.86. The highest BCUT2D eigenvalue weighted by Crippen LogP contribution is 2.21. The first-order chi connectivity index (χ1) is 11.8. The second-order valence-electron chi connectivity index (χ2n) is 5.58. The number of nitrogens with zero attached hydrogens (tertiary/aromatic N) is 2. The molecule has 5 heteroatoms. The minimum atomic E-state index is -0.180. The van der Waals surface area contributed by atoms with Crippen LogP contribution >= 0.6 is 0 Å². The highest BCUT2D eigenvalue weighted by atomic mass is 19.1. The van der Waals surface area contributed by atoms with Crippen LogP contribution in [0.1, 0.15) is 16.7 Å². The summed E-state index contributed by atoms with van der Waals surface area (Å²) in [7, 11) is 1.67. The van der Waals surface area contributed by atoms with Crippen LogP contribution in [-0.4, -0.2) is 16.7 Å². The zero-order chi connectivity index (χ0) is 16.8. The molecule has 0 bridgehead atoms. The van der Waals surface area contributed by atoms with Gasteiger partial charge in [-0.2, -0.15) is 0 Å². The van der Waals surface area contributed by atoms with Crippen LogP contribution in [0.25, 0.3) is 0 Å². The van der Waals surface area contributed by atoms with Gasteiger partial charge >= 0.3 is 0 Å². The lowest BCUT2D eigenvalue weighted by atomic mass is 10.1. The Labute approximate surface area is 140 Å². The summed E-state index contributed by atoms with van der Waals surface area (Å²) < 4.78 is 21.1. The molecular formula is C19H20FN3O. The molecule has 3 rings (SSSR count). The summed E-state index contributed by atoms with van der Waals surface area (Å²) in [6, 6.07) is 12.9. The normalized spacial score (nSPS) is 10.8. The van der Waals surface area contributed by atoms with Crippen LogP contribution in [-0.2, 0) is 19.6 Å². The summed E-state index contributed by atoms with van der Waals surface area (Å²) in [6.45, 7) is 1.86. The van der Waals surface area contributed by atoms with Crippen LogP contribution in [0.3, 0.4) is 0 Å². The van der Waals surface area contributed by atoms with Crippen LogP contribution in [0.2, 0.25) is 0 Å². The van der Waals surface area contributed by atoms with Crippen molar-refractivity contribution in [3.63, 3.8) is 0 Å². The lowest BCUT2D eigenvalue weighted by Crippen LogP contribution is -2.14. The Kier molecular flexibility index (Phi) is 5.23. The van der Waals surface area contributed by atoms with Gasteiger partial charge in [-0.05, 0) is 23.8 Å². The average Bonchev–Trinajstić information content (AvgIpc) is 3.10. The molecule has 124 valence electrons. The van der Waals surface area contributed by atoms with Crippen molar-refractivity contribution < 1.29 is 9.13 Å². The highest BCUT2D eigenvalue weighted by Gasteiger charge is 2.06. The molecule has 0 saturated carbocycles. The van der Waals surface area contributed by atoms with E-state index in [0.717, 1.165) is 16.9 Å². The molecule has 3 aromatic rings. The lowest BCUT2D eigenvalue weighted by molar-refractivity contribution is 0.408. The van der Waals surface area contributed by atoms with E-state index in [0.29, 0.717) is 25.2 Å². The van der Waals surface area contributed by atoms with Crippen LogP contribution in [0, 0.1) is 5.82 Å². The van der Waals surface area contributed by atoms with Crippen LogP contribution in [0.4, 0.5) is 4.39 Å². The van der Waals surface area contributed by atoms with Gasteiger partial charge in [0.25, 0.3) is 0 Å². The first-order valence-electron chi connectivity index (χ1n) is 7.82. The molecule has 1 heterocycles. The van der Waals surface area contributed by atoms with Gasteiger partial charge in [-0.15, -0.1) is 0 Å². The lowest BCUT2D eigenvalue weighted by Gasteiger charge is -2.12. The smallest absolute Gasteiger partial charge is 0.127 e. The molecule has 1 N–H and O–H groups in total. The van der Waals surface area contributed by atoms with Crippen molar-refractivity contribution >= 4 is 0 Å². The van der Waals surface area contributed by atoms with E-state index in [4.69, 9.17) is 4.74 Å². The van der Waals surface area contributed by atoms with E-state index in [1.54, 1.807) is 31.8 Å². The number of hydrogen-bond donors (Lipinski definition) is 1. The van der Waals surface area contributed by atoms with Gasteiger partial charge in [-0.25, -0.2) is 9.37 Å². The fraction of sp³-hybridized carbons (Fsp3) is 0.211. The van der Waals surface area contributed by atoms with Crippen molar-refractivity contribution in [1.29, 1.82) is 0 Å². The van der Waals surface area contributed by atoms with Crippen LogP contribution in [0.5, 0.6) is 5.75 Å². The van der Waals surface area contributed by atoms with Gasteiger partial charge in [0.2, 0.25) is 0 Å². The quantitative estimate of drug-likeness (QED) is 0.724. The number of halogens is 1. The molecule has 0 atom stereocenters. The predicted molar refractivity (Wildman–Crippen MR) is 91.3 cm³/mol. The summed E-state index contributed by atoms with van der Waals surface area (Å²) in [5, 5.41) is 3.28. The number of benzene rings is 2. The fourth-order valence-corrected chi connectivity index (χ4v) is 2.63. The Morgan fingerprint density at radius 2 is 2.00 bits per heavy atom. The fourth-order valence-electron chi connectivity index (χ4n) is 2.63. The number of nitrogens with one attached hydrogen (secondary N) is 1. The molecule has 4 nitrogen and oxygen atoms in total. The molecule has 0 unspecified atom stereocenters. The summed E-state index contributed by atoms with van der Waals surface area (Å²) in [5.74, 6) is 0.669. The number of methoxy groups -OCH3 is 1. The van der Waals surface area contributed by atoms with Crippen molar-refractivity contribution in [3.8, 4) is 5.75 Å². The summed E-state index contributed by atoms with van der Waals surface area (Å²) >= 11 is 0. The summed E-state index contributed by atoms with van der Waals surface area (Å²) in [5.41, 5.74) is 2.88. The molecule has 0 amide bonds. The van der Waals surface area contributed by atoms with E-state index in [-0.39, 0.29) is 5.82 Å². The first kappa shape index (κ1) is 16.2. The molecule has 24 heavy (non-hydrogen) atoms. The van der Waals surface area contributed by atoms with Crippen molar-refractivity contribution in [2.45, 2.75) is 19.6 Å². The maximum Gasteiger partial charge on any atom is 0.127 e. The van der Waals surface area contributed by atoms with Gasteiger partial charge in [0.05, 0.1) is 20.0 Å². The van der Waals surface area contributed by atoms with Crippen molar-refractivity contribution in [3.05, 3.63) is 83.7 Å². The minimum Gasteiger partial charge on any atom is -0.496 e. The van der Waals surface area contributed by atoms with Gasteiger partial charge in [0, 0.05) is 36.6 Å². The SMILES string of the molecule is COc1ccc(CNCc2ccccc2F)cc1Cn1ccnc1. The summed E-state index contributed by atoms with van der Waals surface area (Å²) in [6.07, 6.45) is 5.46. The van der Waals surface area contributed by atoms with Gasteiger partial charge < -0.3 is 14.6 Å². The van der Waals surface area contributed by atoms with Crippen LogP contribution in [0.15, 0.2) is 61.2 Å². The molecule has 0 fully saturated rings. The zero-order valence-corrected chi connectivity index (χ0v) is 13.6. The minimum absolute atomic E-state index is 0.180. The van der Waals surface area contributed by atoms with Crippen molar-refractivity contribution in [2.75, 3.05) is 7.11 Å². The third-order valence-corrected chi connectivity index (χ3v) is 3.86. The Balaban J connectivity index is 1.66.